The number of methoxy groups -OCH3 is 3. The fourth-order valence-electron chi connectivity index (χ4n) is 10.3. The van der Waals surface area contributed by atoms with Gasteiger partial charge < -0.3 is 63.0 Å². The van der Waals surface area contributed by atoms with E-state index < -0.39 is 108 Å². The molecule has 22 nitrogen and oxygen atoms in total. The fourth-order valence-corrected chi connectivity index (χ4v) is 10.3. The van der Waals surface area contributed by atoms with E-state index in [1.54, 1.807) is 94.5 Å². The molecule has 2 saturated heterocycles. The number of carbonyl (C=O) groups excluding carboxylic acids is 9. The SMILES string of the molecule is COc1cc(OC)c(OC)cc1CC[C@H]1OC(=O)[C@@H]2CCCCN2C(=O)C(=O)C(C)(C)COC(=O)/C=C\CCN(C)C(=O)[C@@H]2CCCN2C(=O)[C@H](COC(C)(C)C)N(C)C(=O)C(c2ccccc2)NC(=O)[C@H](C)N(C)C(=O)COc2cccc1c2. The van der Waals surface area contributed by atoms with E-state index in [9.17, 15) is 43.2 Å². The van der Waals surface area contributed by atoms with Crippen molar-refractivity contribution >= 4 is 53.2 Å². The first kappa shape index (κ1) is 66.1. The van der Waals surface area contributed by atoms with E-state index in [0.717, 1.165) is 0 Å². The van der Waals surface area contributed by atoms with Crippen LogP contribution >= 0.6 is 0 Å². The summed E-state index contributed by atoms with van der Waals surface area (Å²) >= 11 is 0. The summed E-state index contributed by atoms with van der Waals surface area (Å²) in [5, 5.41) is 2.83. The van der Waals surface area contributed by atoms with E-state index in [-0.39, 0.29) is 63.6 Å². The average Bonchev–Trinajstić information content (AvgIpc) is 4.26. The first-order valence-corrected chi connectivity index (χ1v) is 28.8. The van der Waals surface area contributed by atoms with Gasteiger partial charge >= 0.3 is 11.9 Å². The van der Waals surface area contributed by atoms with Gasteiger partial charge in [0.05, 0.1) is 39.0 Å². The maximum Gasteiger partial charge on any atom is 0.330 e. The van der Waals surface area contributed by atoms with Crippen molar-refractivity contribution in [2.24, 2.45) is 5.41 Å². The number of rotatable bonds is 9. The molecule has 0 aromatic heterocycles. The maximum atomic E-state index is 14.9. The Morgan fingerprint density at radius 3 is 2.04 bits per heavy atom. The number of amides is 6. The second-order valence-electron chi connectivity index (χ2n) is 23.2. The summed E-state index contributed by atoms with van der Waals surface area (Å²) in [4.78, 5) is 134. The zero-order valence-electron chi connectivity index (χ0n) is 51.1. The van der Waals surface area contributed by atoms with Gasteiger partial charge in [0, 0.05) is 52.9 Å². The van der Waals surface area contributed by atoms with E-state index in [4.69, 9.17) is 33.2 Å². The van der Waals surface area contributed by atoms with Gasteiger partial charge in [0.15, 0.2) is 18.1 Å². The number of nitrogens with one attached hydrogen (secondary N) is 1. The zero-order chi connectivity index (χ0) is 62.3. The predicted octanol–water partition coefficient (Wildman–Crippen LogP) is 5.58. The van der Waals surface area contributed by atoms with E-state index in [0.29, 0.717) is 59.6 Å². The standard InChI is InChI=1S/C63H84N6O16/c1-40-56(73)64-54(41-22-14-13-15-23-41)59(76)67(9)47(37-84-62(2,3)4)58(75)68-33-21-27-45(68)57(74)65(7)31-18-17-28-53(71)83-39-63(5,6)55(72)60(77)69-32-19-16-26-46(69)61(78)85-48(42-24-20-25-44(34-42)82-38-52(70)66(40)8)30-29-43-35-50(80-11)51(81-12)36-49(43)79-10/h13-15,17,20,22-25,28,34-36,40,45-48,54H,16,18-19,21,26-27,29-33,37-39H2,1-12H3,(H,64,73)/b28-17-/t40-,45-,46-,47-,48+,54?/m0/s1. The first-order chi connectivity index (χ1) is 40.3. The maximum absolute atomic E-state index is 14.9. The molecule has 0 saturated carbocycles. The summed E-state index contributed by atoms with van der Waals surface area (Å²) in [5.74, 6) is -4.63. The smallest absolute Gasteiger partial charge is 0.330 e. The molecular formula is C63H84N6O16. The molecule has 2 bridgehead atoms. The van der Waals surface area contributed by atoms with Gasteiger partial charge in [-0.2, -0.15) is 0 Å². The van der Waals surface area contributed by atoms with Crippen LogP contribution in [-0.4, -0.2) is 189 Å². The molecular weight excluding hydrogens is 1100 g/mol. The molecule has 2 fully saturated rings. The van der Waals surface area contributed by atoms with Crippen LogP contribution in [0.25, 0.3) is 0 Å². The second kappa shape index (κ2) is 29.7. The Balaban J connectivity index is 1.34. The van der Waals surface area contributed by atoms with Crippen molar-refractivity contribution in [1.29, 1.82) is 0 Å². The number of likely N-dealkylation sites (N-methyl/N-ethyl adjacent to an activating group) is 3. The van der Waals surface area contributed by atoms with Crippen molar-refractivity contribution in [2.45, 2.75) is 135 Å². The minimum absolute atomic E-state index is 0.0879. The monoisotopic (exact) mass is 1180 g/mol. The number of ketones is 1. The fraction of sp³-hybridized carbons (Fsp3) is 0.540. The summed E-state index contributed by atoms with van der Waals surface area (Å²) < 4.78 is 40.9. The van der Waals surface area contributed by atoms with E-state index in [2.05, 4.69) is 5.32 Å². The lowest BCUT2D eigenvalue weighted by atomic mass is 9.87. The number of cyclic esters (lactones) is 2. The molecule has 1 unspecified atom stereocenters. The summed E-state index contributed by atoms with van der Waals surface area (Å²) in [6.07, 6.45) is 4.48. The molecule has 6 rings (SSSR count). The number of Topliss-reactive ketones (excluding diaryl/α,β-unsaturated/α-hetero) is 1. The molecule has 6 atom stereocenters. The highest BCUT2D eigenvalue weighted by Crippen LogP contribution is 2.38. The average molecular weight is 1180 g/mol. The Morgan fingerprint density at radius 2 is 1.35 bits per heavy atom. The molecule has 3 heterocycles. The van der Waals surface area contributed by atoms with E-state index in [1.807, 2.05) is 0 Å². The molecule has 3 aromatic rings. The molecule has 462 valence electrons. The van der Waals surface area contributed by atoms with Crippen molar-refractivity contribution < 1.29 is 76.3 Å². The Kier molecular flexibility index (Phi) is 23.1. The molecule has 3 aromatic carbocycles. The van der Waals surface area contributed by atoms with Gasteiger partial charge in [0.1, 0.15) is 54.4 Å². The summed E-state index contributed by atoms with van der Waals surface area (Å²) in [5.41, 5.74) is -0.691. The van der Waals surface area contributed by atoms with Crippen LogP contribution in [0.4, 0.5) is 0 Å². The van der Waals surface area contributed by atoms with Gasteiger partial charge in [-0.05, 0) is 128 Å². The van der Waals surface area contributed by atoms with Crippen LogP contribution in [0.1, 0.15) is 115 Å². The normalized spacial score (nSPS) is 23.9. The number of piperidine rings is 1. The molecule has 0 spiro atoms. The lowest BCUT2D eigenvalue weighted by Gasteiger charge is -2.37. The Labute approximate surface area is 498 Å². The van der Waals surface area contributed by atoms with Crippen LogP contribution in [0.3, 0.4) is 0 Å². The van der Waals surface area contributed by atoms with E-state index in [1.165, 1.54) is 92.8 Å². The molecule has 1 N–H and O–H groups in total. The third-order valence-corrected chi connectivity index (χ3v) is 15.6. The second-order valence-corrected chi connectivity index (χ2v) is 23.2. The summed E-state index contributed by atoms with van der Waals surface area (Å²) in [6.45, 7) is 9.09. The van der Waals surface area contributed by atoms with Crippen LogP contribution < -0.4 is 24.3 Å². The Hall–Kier alpha value is -8.01. The number of ether oxygens (including phenoxy) is 7. The van der Waals surface area contributed by atoms with Crippen molar-refractivity contribution in [2.75, 3.05) is 81.9 Å². The zero-order valence-corrected chi connectivity index (χ0v) is 51.1. The number of benzene rings is 3. The van der Waals surface area contributed by atoms with Crippen molar-refractivity contribution in [1.82, 2.24) is 29.8 Å². The molecule has 85 heavy (non-hydrogen) atoms. The molecule has 0 radical (unpaired) electrons. The summed E-state index contributed by atoms with van der Waals surface area (Å²) in [6, 6.07) is 12.8. The van der Waals surface area contributed by atoms with Gasteiger partial charge in [-0.25, -0.2) is 9.59 Å². The number of esters is 2. The number of nitrogens with zero attached hydrogens (tertiary/aromatic N) is 5. The van der Waals surface area contributed by atoms with Crippen molar-refractivity contribution in [3.63, 3.8) is 0 Å². The number of fused-ring (bicyclic) bond motifs is 4. The third-order valence-electron chi connectivity index (χ3n) is 15.6. The van der Waals surface area contributed by atoms with Crippen LogP contribution in [0, 0.1) is 5.41 Å². The van der Waals surface area contributed by atoms with Gasteiger partial charge in [0.25, 0.3) is 11.8 Å². The molecule has 3 aliphatic rings. The number of carbonyl (C=O) groups is 9. The minimum atomic E-state index is -1.51. The molecule has 22 heteroatoms. The number of hydrogen-bond donors (Lipinski definition) is 1. The lowest BCUT2D eigenvalue weighted by Crippen LogP contribution is -2.58. The van der Waals surface area contributed by atoms with Gasteiger partial charge in [0.2, 0.25) is 29.4 Å². The van der Waals surface area contributed by atoms with Crippen LogP contribution in [0.5, 0.6) is 23.0 Å². The topological polar surface area (TPSA) is 246 Å². The Bertz CT molecular complexity index is 2920. The van der Waals surface area contributed by atoms with Gasteiger partial charge in [-0.3, -0.25) is 33.6 Å². The first-order valence-electron chi connectivity index (χ1n) is 28.8. The minimum Gasteiger partial charge on any atom is -0.496 e. The largest absolute Gasteiger partial charge is 0.496 e. The third kappa shape index (κ3) is 17.1. The van der Waals surface area contributed by atoms with Crippen LogP contribution in [-0.2, 0) is 63.8 Å². The quantitative estimate of drug-likeness (QED) is 0.203. The molecule has 6 amide bonds. The molecule has 3 aliphatic heterocycles. The van der Waals surface area contributed by atoms with Crippen molar-refractivity contribution in [3.05, 3.63) is 95.6 Å². The Morgan fingerprint density at radius 1 is 0.694 bits per heavy atom. The molecule has 0 aliphatic carbocycles. The number of hydrogen-bond acceptors (Lipinski definition) is 16. The van der Waals surface area contributed by atoms with Crippen LogP contribution in [0.15, 0.2) is 78.9 Å². The highest BCUT2D eigenvalue weighted by molar-refractivity contribution is 6.38. The number of aryl methyl sites for hydroxylation is 1. The van der Waals surface area contributed by atoms with Gasteiger partial charge in [-0.1, -0.05) is 48.5 Å². The van der Waals surface area contributed by atoms with Gasteiger partial charge in [-0.15, -0.1) is 0 Å². The van der Waals surface area contributed by atoms with Crippen LogP contribution in [0.2, 0.25) is 0 Å². The highest BCUT2D eigenvalue weighted by Gasteiger charge is 2.45. The predicted molar refractivity (Wildman–Crippen MR) is 312 cm³/mol. The summed E-state index contributed by atoms with van der Waals surface area (Å²) in [7, 11) is 8.97. The highest BCUT2D eigenvalue weighted by atomic mass is 16.5. The lowest BCUT2D eigenvalue weighted by molar-refractivity contribution is -0.165. The van der Waals surface area contributed by atoms with Crippen molar-refractivity contribution in [3.8, 4) is 23.0 Å². The van der Waals surface area contributed by atoms with E-state index >= 15 is 0 Å².